The highest BCUT2D eigenvalue weighted by molar-refractivity contribution is 6.04. The quantitative estimate of drug-likeness (QED) is 0.775. The second-order valence-corrected chi connectivity index (χ2v) is 8.68. The molecule has 0 aromatic heterocycles. The third kappa shape index (κ3) is 3.52. The van der Waals surface area contributed by atoms with E-state index in [1.165, 1.54) is 0 Å². The lowest BCUT2D eigenvalue weighted by molar-refractivity contribution is -0.139. The lowest BCUT2D eigenvalue weighted by atomic mass is 9.68. The fourth-order valence-corrected chi connectivity index (χ4v) is 4.41. The molecule has 1 N–H and O–H groups in total. The van der Waals surface area contributed by atoms with Crippen molar-refractivity contribution in [2.45, 2.75) is 52.9 Å². The predicted octanol–water partition coefficient (Wildman–Crippen LogP) is 3.97. The third-order valence-electron chi connectivity index (χ3n) is 5.63. The minimum absolute atomic E-state index is 0.0692. The van der Waals surface area contributed by atoms with Crippen LogP contribution in [0.5, 0.6) is 11.5 Å². The molecule has 4 rings (SSSR count). The second-order valence-electron chi connectivity index (χ2n) is 8.68. The Morgan fingerprint density at radius 1 is 1.24 bits per heavy atom. The number of carbonyl (C=O) groups is 2. The van der Waals surface area contributed by atoms with E-state index in [-0.39, 0.29) is 24.0 Å². The van der Waals surface area contributed by atoms with E-state index in [0.29, 0.717) is 35.7 Å². The number of fused-ring (bicyclic) bond motifs is 1. The van der Waals surface area contributed by atoms with Gasteiger partial charge in [0, 0.05) is 29.3 Å². The summed E-state index contributed by atoms with van der Waals surface area (Å²) in [4.78, 5) is 26.2. The van der Waals surface area contributed by atoms with Crippen LogP contribution in [0.4, 0.5) is 0 Å². The summed E-state index contributed by atoms with van der Waals surface area (Å²) in [5.74, 6) is 0.506. The molecule has 0 spiro atoms. The number of ether oxygens (including phenoxy) is 3. The van der Waals surface area contributed by atoms with E-state index in [1.807, 2.05) is 32.0 Å². The fourth-order valence-electron chi connectivity index (χ4n) is 4.41. The summed E-state index contributed by atoms with van der Waals surface area (Å²) in [6.07, 6.45) is 1.94. The maximum atomic E-state index is 13.2. The first-order valence-corrected chi connectivity index (χ1v) is 10.1. The van der Waals surface area contributed by atoms with Gasteiger partial charge in [-0.3, -0.25) is 4.79 Å². The number of nitrogens with one attached hydrogen (secondary N) is 1. The second kappa shape index (κ2) is 7.25. The van der Waals surface area contributed by atoms with E-state index in [9.17, 15) is 9.59 Å². The van der Waals surface area contributed by atoms with Gasteiger partial charge in [-0.05, 0) is 42.9 Å². The first-order chi connectivity index (χ1) is 13.8. The van der Waals surface area contributed by atoms with Crippen LogP contribution in [0.15, 0.2) is 40.7 Å². The van der Waals surface area contributed by atoms with Crippen LogP contribution in [0.1, 0.15) is 58.4 Å². The minimum atomic E-state index is -0.478. The number of rotatable bonds is 4. The van der Waals surface area contributed by atoms with E-state index in [2.05, 4.69) is 19.2 Å². The van der Waals surface area contributed by atoms with Crippen molar-refractivity contribution in [3.8, 4) is 11.5 Å². The van der Waals surface area contributed by atoms with Crippen LogP contribution in [0.2, 0.25) is 0 Å². The molecule has 6 nitrogen and oxygen atoms in total. The van der Waals surface area contributed by atoms with Crippen LogP contribution < -0.4 is 14.8 Å². The van der Waals surface area contributed by atoms with Crippen LogP contribution in [0.3, 0.4) is 0 Å². The van der Waals surface area contributed by atoms with E-state index in [0.717, 1.165) is 29.8 Å². The summed E-state index contributed by atoms with van der Waals surface area (Å²) in [7, 11) is 0. The van der Waals surface area contributed by atoms with E-state index in [4.69, 9.17) is 14.2 Å². The number of benzene rings is 1. The summed E-state index contributed by atoms with van der Waals surface area (Å²) in [5.41, 5.74) is 3.50. The highest BCUT2D eigenvalue weighted by Gasteiger charge is 2.43. The number of allylic oxidation sites excluding steroid dienone is 3. The number of hydrogen-bond donors (Lipinski definition) is 1. The molecule has 29 heavy (non-hydrogen) atoms. The van der Waals surface area contributed by atoms with Crippen molar-refractivity contribution in [2.75, 3.05) is 13.4 Å². The predicted molar refractivity (Wildman–Crippen MR) is 107 cm³/mol. The molecule has 154 valence electrons. The minimum Gasteiger partial charge on any atom is -0.462 e. The summed E-state index contributed by atoms with van der Waals surface area (Å²) < 4.78 is 16.4. The zero-order valence-electron chi connectivity index (χ0n) is 17.4. The number of hydrogen-bond acceptors (Lipinski definition) is 6. The molecule has 2 heterocycles. The number of Topliss-reactive ketones (excluding diaryl/α,β-unsaturated/α-hetero) is 1. The molecule has 1 aromatic carbocycles. The molecule has 0 saturated heterocycles. The van der Waals surface area contributed by atoms with Gasteiger partial charge in [0.05, 0.1) is 12.2 Å². The molecule has 2 aliphatic heterocycles. The van der Waals surface area contributed by atoms with Crippen LogP contribution >= 0.6 is 0 Å². The molecular weight excluding hydrogens is 370 g/mol. The third-order valence-corrected chi connectivity index (χ3v) is 5.63. The molecular formula is C23H27NO5. The SMILES string of the molecule is CCCOC(=O)C1=C(C)NC2=C(C(=O)CC(C)(C)C2)C1c1ccc2c(c1)OCO2. The maximum Gasteiger partial charge on any atom is 0.336 e. The molecule has 1 atom stereocenters. The molecule has 3 aliphatic rings. The van der Waals surface area contributed by atoms with Crippen molar-refractivity contribution in [1.82, 2.24) is 5.32 Å². The van der Waals surface area contributed by atoms with E-state index in [1.54, 1.807) is 0 Å². The van der Waals surface area contributed by atoms with Gasteiger partial charge in [-0.1, -0.05) is 26.8 Å². The first kappa shape index (κ1) is 19.6. The van der Waals surface area contributed by atoms with Gasteiger partial charge < -0.3 is 19.5 Å². The fraction of sp³-hybridized carbons (Fsp3) is 0.478. The van der Waals surface area contributed by atoms with Crippen LogP contribution in [0.25, 0.3) is 0 Å². The number of dihydropyridines is 1. The molecule has 0 radical (unpaired) electrons. The molecule has 0 amide bonds. The van der Waals surface area contributed by atoms with Crippen molar-refractivity contribution in [3.63, 3.8) is 0 Å². The summed E-state index contributed by atoms with van der Waals surface area (Å²) in [5, 5.41) is 3.35. The Balaban J connectivity index is 1.84. The molecule has 1 aliphatic carbocycles. The average molecular weight is 397 g/mol. The Labute approximate surface area is 170 Å². The Bertz CT molecular complexity index is 941. The van der Waals surface area contributed by atoms with Gasteiger partial charge in [0.2, 0.25) is 6.79 Å². The summed E-state index contributed by atoms with van der Waals surface area (Å²) >= 11 is 0. The lowest BCUT2D eigenvalue weighted by Crippen LogP contribution is -2.38. The lowest BCUT2D eigenvalue weighted by Gasteiger charge is -2.39. The topological polar surface area (TPSA) is 73.9 Å². The highest BCUT2D eigenvalue weighted by Crippen LogP contribution is 2.48. The van der Waals surface area contributed by atoms with Crippen molar-refractivity contribution < 1.29 is 23.8 Å². The Morgan fingerprint density at radius 2 is 2.00 bits per heavy atom. The molecule has 1 unspecified atom stereocenters. The zero-order valence-corrected chi connectivity index (χ0v) is 17.4. The smallest absolute Gasteiger partial charge is 0.336 e. The van der Waals surface area contributed by atoms with Gasteiger partial charge in [0.15, 0.2) is 17.3 Å². The number of esters is 1. The maximum absolute atomic E-state index is 13.2. The molecule has 0 saturated carbocycles. The largest absolute Gasteiger partial charge is 0.462 e. The summed E-state index contributed by atoms with van der Waals surface area (Å²) in [6.45, 7) is 8.53. The monoisotopic (exact) mass is 397 g/mol. The first-order valence-electron chi connectivity index (χ1n) is 10.1. The normalized spacial score (nSPS) is 22.3. The van der Waals surface area contributed by atoms with Crippen LogP contribution in [-0.2, 0) is 14.3 Å². The zero-order chi connectivity index (χ0) is 20.8. The molecule has 0 bridgehead atoms. The van der Waals surface area contributed by atoms with Crippen molar-refractivity contribution >= 4 is 11.8 Å². The van der Waals surface area contributed by atoms with Gasteiger partial charge in [0.25, 0.3) is 0 Å². The molecule has 6 heteroatoms. The summed E-state index contributed by atoms with van der Waals surface area (Å²) in [6, 6.07) is 5.61. The Hall–Kier alpha value is -2.76. The van der Waals surface area contributed by atoms with E-state index < -0.39 is 5.92 Å². The molecule has 0 fully saturated rings. The van der Waals surface area contributed by atoms with Crippen molar-refractivity contribution in [1.29, 1.82) is 0 Å². The molecule has 1 aromatic rings. The Kier molecular flexibility index (Phi) is 4.89. The number of carbonyl (C=O) groups excluding carboxylic acids is 2. The van der Waals surface area contributed by atoms with Crippen LogP contribution in [-0.4, -0.2) is 25.2 Å². The van der Waals surface area contributed by atoms with Crippen molar-refractivity contribution in [2.24, 2.45) is 5.41 Å². The van der Waals surface area contributed by atoms with Crippen LogP contribution in [0, 0.1) is 5.41 Å². The van der Waals surface area contributed by atoms with Gasteiger partial charge in [0.1, 0.15) is 0 Å². The van der Waals surface area contributed by atoms with Crippen molar-refractivity contribution in [3.05, 3.63) is 46.3 Å². The Morgan fingerprint density at radius 3 is 2.76 bits per heavy atom. The van der Waals surface area contributed by atoms with E-state index >= 15 is 0 Å². The average Bonchev–Trinajstić information content (AvgIpc) is 3.11. The van der Waals surface area contributed by atoms with Gasteiger partial charge in [-0.2, -0.15) is 0 Å². The van der Waals surface area contributed by atoms with Gasteiger partial charge in [-0.25, -0.2) is 4.79 Å². The van der Waals surface area contributed by atoms with Gasteiger partial charge in [-0.15, -0.1) is 0 Å². The highest BCUT2D eigenvalue weighted by atomic mass is 16.7. The van der Waals surface area contributed by atoms with Gasteiger partial charge >= 0.3 is 5.97 Å². The standard InChI is InChI=1S/C23H27NO5/c1-5-8-27-22(26)19-13(2)24-15-10-23(3,4)11-16(25)21(15)20(19)14-6-7-17-18(9-14)29-12-28-17/h6-7,9,20,24H,5,8,10-12H2,1-4H3. The number of ketones is 1.